The lowest BCUT2D eigenvalue weighted by molar-refractivity contribution is 0.0992. The van der Waals surface area contributed by atoms with Gasteiger partial charge in [0.2, 0.25) is 0 Å². The summed E-state index contributed by atoms with van der Waals surface area (Å²) in [7, 11) is 0. The molecular weight excluding hydrogens is 261 g/mol. The maximum Gasteiger partial charge on any atom is 0.170 e. The van der Waals surface area contributed by atoms with E-state index in [0.29, 0.717) is 5.56 Å². The highest BCUT2D eigenvalue weighted by atomic mass is 35.5. The van der Waals surface area contributed by atoms with Crippen molar-refractivity contribution in [1.29, 1.82) is 0 Å². The number of Topliss-reactive ketones (excluding diaryl/α,β-unsaturated/α-hetero) is 1. The van der Waals surface area contributed by atoms with Gasteiger partial charge in [0.15, 0.2) is 5.78 Å². The number of carbonyl (C=O) groups excluding carboxylic acids is 1. The molecule has 0 spiro atoms. The van der Waals surface area contributed by atoms with E-state index in [1.54, 1.807) is 0 Å². The van der Waals surface area contributed by atoms with Crippen LogP contribution >= 0.6 is 22.9 Å². The Morgan fingerprint density at radius 2 is 2.29 bits per heavy atom. The smallest absolute Gasteiger partial charge is 0.170 e. The molecule has 0 radical (unpaired) electrons. The molecule has 1 aromatic carbocycles. The SMILES string of the molecule is Cc1nc(CC(=O)c2ccc(F)cc2Cl)cs1. The molecule has 0 aliphatic heterocycles. The number of hydrogen-bond acceptors (Lipinski definition) is 3. The Morgan fingerprint density at radius 1 is 1.53 bits per heavy atom. The molecule has 1 aromatic heterocycles. The first kappa shape index (κ1) is 12.2. The second-order valence-corrected chi connectivity index (χ2v) is 5.05. The molecule has 1 heterocycles. The van der Waals surface area contributed by atoms with Crippen LogP contribution in [0.4, 0.5) is 4.39 Å². The number of rotatable bonds is 3. The first-order valence-corrected chi connectivity index (χ1v) is 6.21. The fourth-order valence-corrected chi connectivity index (χ4v) is 2.35. The summed E-state index contributed by atoms with van der Waals surface area (Å²) in [4.78, 5) is 16.1. The molecule has 5 heteroatoms. The zero-order valence-corrected chi connectivity index (χ0v) is 10.6. The summed E-state index contributed by atoms with van der Waals surface area (Å²) in [5, 5.41) is 2.89. The van der Waals surface area contributed by atoms with E-state index < -0.39 is 5.82 Å². The summed E-state index contributed by atoms with van der Waals surface area (Å²) in [6, 6.07) is 3.77. The summed E-state index contributed by atoms with van der Waals surface area (Å²) in [5.41, 5.74) is 1.05. The van der Waals surface area contributed by atoms with Crippen molar-refractivity contribution in [3.05, 3.63) is 50.7 Å². The van der Waals surface area contributed by atoms with Crippen molar-refractivity contribution in [3.63, 3.8) is 0 Å². The molecule has 0 saturated heterocycles. The second kappa shape index (κ2) is 4.94. The van der Waals surface area contributed by atoms with E-state index in [-0.39, 0.29) is 17.2 Å². The Balaban J connectivity index is 2.20. The molecule has 2 aromatic rings. The van der Waals surface area contributed by atoms with E-state index >= 15 is 0 Å². The molecule has 0 aliphatic rings. The maximum atomic E-state index is 12.8. The second-order valence-electron chi connectivity index (χ2n) is 3.58. The molecule has 0 atom stereocenters. The fraction of sp³-hybridized carbons (Fsp3) is 0.167. The predicted molar refractivity (Wildman–Crippen MR) is 66.3 cm³/mol. The standard InChI is InChI=1S/C12H9ClFNOS/c1-7-15-9(6-17-7)5-12(16)10-3-2-8(14)4-11(10)13/h2-4,6H,5H2,1H3. The van der Waals surface area contributed by atoms with E-state index in [2.05, 4.69) is 4.98 Å². The number of hydrogen-bond donors (Lipinski definition) is 0. The molecule has 2 rings (SSSR count). The van der Waals surface area contributed by atoms with Crippen LogP contribution in [0, 0.1) is 12.7 Å². The van der Waals surface area contributed by atoms with Crippen LogP contribution in [0.5, 0.6) is 0 Å². The molecule has 2 nitrogen and oxygen atoms in total. The number of benzene rings is 1. The van der Waals surface area contributed by atoms with E-state index in [4.69, 9.17) is 11.6 Å². The molecule has 0 unspecified atom stereocenters. The number of carbonyl (C=O) groups is 1. The zero-order valence-electron chi connectivity index (χ0n) is 9.04. The number of nitrogens with zero attached hydrogens (tertiary/aromatic N) is 1. The third kappa shape index (κ3) is 2.90. The van der Waals surface area contributed by atoms with E-state index in [9.17, 15) is 9.18 Å². The average molecular weight is 270 g/mol. The van der Waals surface area contributed by atoms with Gasteiger partial charge >= 0.3 is 0 Å². The summed E-state index contributed by atoms with van der Waals surface area (Å²) in [5.74, 6) is -0.601. The van der Waals surface area contributed by atoms with Crippen molar-refractivity contribution in [2.24, 2.45) is 0 Å². The van der Waals surface area contributed by atoms with Crippen LogP contribution < -0.4 is 0 Å². The van der Waals surface area contributed by atoms with Crippen LogP contribution in [0.25, 0.3) is 0 Å². The summed E-state index contributed by atoms with van der Waals surface area (Å²) in [6.45, 7) is 1.88. The van der Waals surface area contributed by atoms with E-state index in [1.165, 1.54) is 23.5 Å². The number of aryl methyl sites for hydroxylation is 1. The summed E-state index contributed by atoms with van der Waals surface area (Å²) >= 11 is 7.31. The minimum atomic E-state index is -0.448. The van der Waals surface area contributed by atoms with E-state index in [1.807, 2.05) is 12.3 Å². The number of aromatic nitrogens is 1. The lowest BCUT2D eigenvalue weighted by Gasteiger charge is -2.02. The van der Waals surface area contributed by atoms with Gasteiger partial charge < -0.3 is 0 Å². The Morgan fingerprint density at radius 3 is 2.88 bits per heavy atom. The Labute approximate surface area is 107 Å². The summed E-state index contributed by atoms with van der Waals surface area (Å²) < 4.78 is 12.8. The van der Waals surface area contributed by atoms with Crippen LogP contribution in [0.1, 0.15) is 21.1 Å². The largest absolute Gasteiger partial charge is 0.294 e. The highest BCUT2D eigenvalue weighted by Crippen LogP contribution is 2.19. The number of ketones is 1. The Hall–Kier alpha value is -1.26. The molecule has 17 heavy (non-hydrogen) atoms. The number of halogens is 2. The van der Waals surface area contributed by atoms with Gasteiger partial charge in [0.25, 0.3) is 0 Å². The molecule has 0 aliphatic carbocycles. The van der Waals surface area contributed by atoms with Gasteiger partial charge in [-0.15, -0.1) is 11.3 Å². The molecule has 0 fully saturated rings. The van der Waals surface area contributed by atoms with Crippen molar-refractivity contribution >= 4 is 28.7 Å². The minimum Gasteiger partial charge on any atom is -0.294 e. The molecule has 0 N–H and O–H groups in total. The van der Waals surface area contributed by atoms with Crippen LogP contribution in [0.15, 0.2) is 23.6 Å². The molecular formula is C12H9ClFNOS. The quantitative estimate of drug-likeness (QED) is 0.796. The van der Waals surface area contributed by atoms with Gasteiger partial charge in [-0.1, -0.05) is 11.6 Å². The van der Waals surface area contributed by atoms with Gasteiger partial charge in [0.1, 0.15) is 5.82 Å². The van der Waals surface area contributed by atoms with Gasteiger partial charge in [-0.2, -0.15) is 0 Å². The molecule has 0 saturated carbocycles. The third-order valence-electron chi connectivity index (χ3n) is 2.24. The average Bonchev–Trinajstić information content (AvgIpc) is 2.63. The van der Waals surface area contributed by atoms with E-state index in [0.717, 1.165) is 16.8 Å². The number of thiazole rings is 1. The lowest BCUT2D eigenvalue weighted by Crippen LogP contribution is -2.05. The molecule has 0 bridgehead atoms. The van der Waals surface area contributed by atoms with Crippen LogP contribution in [0.2, 0.25) is 5.02 Å². The van der Waals surface area contributed by atoms with Gasteiger partial charge in [-0.05, 0) is 25.1 Å². The van der Waals surface area contributed by atoms with Gasteiger partial charge in [0, 0.05) is 10.9 Å². The van der Waals surface area contributed by atoms with Crippen molar-refractivity contribution in [1.82, 2.24) is 4.98 Å². The van der Waals surface area contributed by atoms with Crippen LogP contribution in [-0.2, 0) is 6.42 Å². The summed E-state index contributed by atoms with van der Waals surface area (Å²) in [6.07, 6.45) is 0.190. The highest BCUT2D eigenvalue weighted by Gasteiger charge is 2.13. The highest BCUT2D eigenvalue weighted by molar-refractivity contribution is 7.09. The van der Waals surface area contributed by atoms with Crippen molar-refractivity contribution in [2.75, 3.05) is 0 Å². The van der Waals surface area contributed by atoms with Crippen molar-refractivity contribution < 1.29 is 9.18 Å². The Kier molecular flexibility index (Phi) is 3.54. The van der Waals surface area contributed by atoms with Gasteiger partial charge in [-0.3, -0.25) is 4.79 Å². The topological polar surface area (TPSA) is 30.0 Å². The first-order valence-electron chi connectivity index (χ1n) is 4.95. The lowest BCUT2D eigenvalue weighted by atomic mass is 10.1. The van der Waals surface area contributed by atoms with Gasteiger partial charge in [-0.25, -0.2) is 9.37 Å². The Bertz CT molecular complexity index is 567. The van der Waals surface area contributed by atoms with Crippen molar-refractivity contribution in [3.8, 4) is 0 Å². The normalized spacial score (nSPS) is 10.5. The predicted octanol–water partition coefficient (Wildman–Crippen LogP) is 3.67. The monoisotopic (exact) mass is 269 g/mol. The van der Waals surface area contributed by atoms with Crippen LogP contribution in [0.3, 0.4) is 0 Å². The minimum absolute atomic E-state index is 0.141. The van der Waals surface area contributed by atoms with Crippen LogP contribution in [-0.4, -0.2) is 10.8 Å². The van der Waals surface area contributed by atoms with Crippen molar-refractivity contribution in [2.45, 2.75) is 13.3 Å². The fourth-order valence-electron chi connectivity index (χ4n) is 1.46. The molecule has 88 valence electrons. The zero-order chi connectivity index (χ0) is 12.4. The van der Waals surface area contributed by atoms with Gasteiger partial charge in [0.05, 0.1) is 22.1 Å². The first-order chi connectivity index (χ1) is 8.06. The molecule has 0 amide bonds. The maximum absolute atomic E-state index is 12.8. The third-order valence-corrected chi connectivity index (χ3v) is 3.37.